The van der Waals surface area contributed by atoms with Gasteiger partial charge in [0.15, 0.2) is 13.2 Å². The van der Waals surface area contributed by atoms with Gasteiger partial charge < -0.3 is 51.2 Å². The number of nitrogens with one attached hydrogen (secondary N) is 4. The highest BCUT2D eigenvalue weighted by Gasteiger charge is 2.28. The number of anilines is 2. The number of phenolic OH excluding ortho intramolecular Hbond substituents is 2. The number of β-amino-alcohol motifs (C(OH)–C–C–N with tert-alkyl or cyclic N) is 2. The molecular weight excluding hydrogens is 740 g/mol. The number of benzene rings is 4. The number of hydrogen-bond donors (Lipinski definition) is 8. The van der Waals surface area contributed by atoms with Gasteiger partial charge in [-0.15, -0.1) is 0 Å². The van der Waals surface area contributed by atoms with Crippen LogP contribution in [0.25, 0.3) is 0 Å². The van der Waals surface area contributed by atoms with Crippen molar-refractivity contribution in [1.29, 1.82) is 0 Å². The summed E-state index contributed by atoms with van der Waals surface area (Å²) in [6.07, 6.45) is -1.48. The Morgan fingerprint density at radius 1 is 0.661 bits per heavy atom. The number of phenols is 2. The summed E-state index contributed by atoms with van der Waals surface area (Å²) in [7, 11) is 0. The van der Waals surface area contributed by atoms with Crippen molar-refractivity contribution in [2.45, 2.75) is 63.8 Å². The fourth-order valence-corrected chi connectivity index (χ4v) is 6.38. The molecule has 0 bridgehead atoms. The van der Waals surface area contributed by atoms with Crippen LogP contribution in [-0.2, 0) is 22.4 Å². The first-order valence-electron chi connectivity index (χ1n) is 17.6. The quantitative estimate of drug-likeness (QED) is 0.0880. The molecule has 2 aliphatic rings. The van der Waals surface area contributed by atoms with Crippen molar-refractivity contribution in [3.63, 3.8) is 0 Å². The van der Waals surface area contributed by atoms with Crippen LogP contribution in [0.2, 0.25) is 0 Å². The Hall–Kier alpha value is -5.42. The predicted octanol–water partition coefficient (Wildman–Crippen LogP) is 5.29. The molecule has 2 unspecified atom stereocenters. The zero-order chi connectivity index (χ0) is 40.9. The van der Waals surface area contributed by atoms with Crippen molar-refractivity contribution in [1.82, 2.24) is 10.6 Å². The van der Waals surface area contributed by atoms with E-state index in [-0.39, 0.29) is 61.7 Å². The second-order valence-corrected chi connectivity index (χ2v) is 14.9. The highest BCUT2D eigenvalue weighted by Crippen LogP contribution is 2.40. The molecule has 6 rings (SSSR count). The number of carbonyl (C=O) groups is 2. The van der Waals surface area contributed by atoms with Crippen LogP contribution in [-0.4, -0.2) is 69.6 Å². The molecule has 2 aliphatic heterocycles. The Kier molecular flexibility index (Phi) is 12.8. The number of ether oxygens (including phenoxy) is 2. The van der Waals surface area contributed by atoms with E-state index in [0.29, 0.717) is 45.9 Å². The van der Waals surface area contributed by atoms with Gasteiger partial charge in [-0.05, 0) is 82.0 Å². The minimum atomic E-state index is -1.05. The van der Waals surface area contributed by atoms with Crippen LogP contribution < -0.4 is 30.7 Å². The van der Waals surface area contributed by atoms with Gasteiger partial charge >= 0.3 is 0 Å². The van der Waals surface area contributed by atoms with Crippen molar-refractivity contribution in [2.75, 3.05) is 36.9 Å². The maximum Gasteiger partial charge on any atom is 0.262 e. The molecule has 0 aliphatic carbocycles. The van der Waals surface area contributed by atoms with Crippen LogP contribution in [0.5, 0.6) is 23.0 Å². The summed E-state index contributed by atoms with van der Waals surface area (Å²) in [6.45, 7) is 7.17. The number of aliphatic hydroxyl groups is 2. The largest absolute Gasteiger partial charge is 0.508 e. The zero-order valence-electron chi connectivity index (χ0n) is 31.1. The number of rotatable bonds is 12. The van der Waals surface area contributed by atoms with Gasteiger partial charge in [0.05, 0.1) is 23.6 Å². The minimum Gasteiger partial charge on any atom is -0.508 e. The van der Waals surface area contributed by atoms with E-state index in [1.807, 2.05) is 27.7 Å². The van der Waals surface area contributed by atoms with Gasteiger partial charge in [-0.3, -0.25) is 9.59 Å². The highest BCUT2D eigenvalue weighted by molar-refractivity contribution is 5.96. The average molecular weight is 785 g/mol. The van der Waals surface area contributed by atoms with Crippen molar-refractivity contribution < 1.29 is 57.1 Å². The summed E-state index contributed by atoms with van der Waals surface area (Å²) in [4.78, 5) is 22.9. The first-order chi connectivity index (χ1) is 26.3. The molecule has 56 heavy (non-hydrogen) atoms. The highest BCUT2D eigenvalue weighted by atomic mass is 19.1. The molecule has 2 atom stereocenters. The average Bonchev–Trinajstić information content (AvgIpc) is 3.09. The van der Waals surface area contributed by atoms with Crippen LogP contribution in [0.4, 0.5) is 28.9 Å². The standard InChI is InChI=1S/2C20H22F2N2O4/c1-20(2,8-11-3-12(21)5-13(22)4-11)23-9-17(26)15-6-14(25)7-16-19(15)28-10-18(27)24-16;1-20(2,8-11-3-4-12(21)5-15(11)22)23-9-17(26)14-6-13(25)7-16-19(14)28-10-18(27)24-16/h2*3-7,17,23,25-26H,8-10H2,1-2H3,(H,24,27). The second kappa shape index (κ2) is 17.2. The van der Waals surface area contributed by atoms with Crippen LogP contribution in [0.1, 0.15) is 62.2 Å². The first kappa shape index (κ1) is 41.7. The molecule has 16 heteroatoms. The number of fused-ring (bicyclic) bond motifs is 2. The van der Waals surface area contributed by atoms with Crippen molar-refractivity contribution in [3.05, 3.63) is 106 Å². The van der Waals surface area contributed by atoms with Gasteiger partial charge in [0.2, 0.25) is 0 Å². The fraction of sp³-hybridized carbons (Fsp3) is 0.350. The Bertz CT molecular complexity index is 2080. The number of amides is 2. The third-order valence-electron chi connectivity index (χ3n) is 8.93. The number of aromatic hydroxyl groups is 2. The van der Waals surface area contributed by atoms with Crippen LogP contribution in [0.3, 0.4) is 0 Å². The molecule has 300 valence electrons. The number of halogens is 4. The lowest BCUT2D eigenvalue weighted by atomic mass is 9.94. The van der Waals surface area contributed by atoms with Crippen molar-refractivity contribution in [3.8, 4) is 23.0 Å². The van der Waals surface area contributed by atoms with Gasteiger partial charge in [-0.1, -0.05) is 6.07 Å². The third kappa shape index (κ3) is 11.1. The Balaban J connectivity index is 0.000000214. The van der Waals surface area contributed by atoms with E-state index >= 15 is 0 Å². The maximum atomic E-state index is 13.9. The second-order valence-electron chi connectivity index (χ2n) is 14.9. The molecule has 0 saturated heterocycles. The summed E-state index contributed by atoms with van der Waals surface area (Å²) >= 11 is 0. The summed E-state index contributed by atoms with van der Waals surface area (Å²) < 4.78 is 64.6. The van der Waals surface area contributed by atoms with Crippen LogP contribution >= 0.6 is 0 Å². The first-order valence-corrected chi connectivity index (χ1v) is 17.6. The SMILES string of the molecule is CC(C)(Cc1cc(F)cc(F)c1)NCC(O)c1cc(O)cc2c1OCC(=O)N2.CC(C)(Cc1ccc(F)cc1F)NCC(O)c1cc(O)cc2c1OCC(=O)N2. The predicted molar refractivity (Wildman–Crippen MR) is 199 cm³/mol. The maximum absolute atomic E-state index is 13.9. The van der Waals surface area contributed by atoms with Crippen molar-refractivity contribution >= 4 is 23.2 Å². The Morgan fingerprint density at radius 3 is 1.59 bits per heavy atom. The van der Waals surface area contributed by atoms with Crippen LogP contribution in [0, 0.1) is 23.3 Å². The van der Waals surface area contributed by atoms with Gasteiger partial charge in [0, 0.05) is 59.6 Å². The van der Waals surface area contributed by atoms with Crippen molar-refractivity contribution in [2.24, 2.45) is 0 Å². The normalized spacial score (nSPS) is 14.8. The molecule has 2 amide bonds. The summed E-state index contributed by atoms with van der Waals surface area (Å²) in [5, 5.41) is 52.4. The smallest absolute Gasteiger partial charge is 0.262 e. The van der Waals surface area contributed by atoms with E-state index in [4.69, 9.17) is 9.47 Å². The van der Waals surface area contributed by atoms with E-state index in [2.05, 4.69) is 21.3 Å². The molecule has 8 N–H and O–H groups in total. The van der Waals surface area contributed by atoms with Gasteiger partial charge in [0.25, 0.3) is 11.8 Å². The number of aliphatic hydroxyl groups excluding tert-OH is 2. The van der Waals surface area contributed by atoms with E-state index in [1.165, 1.54) is 48.5 Å². The van der Waals surface area contributed by atoms with E-state index in [0.717, 1.165) is 12.1 Å². The molecule has 0 fully saturated rings. The Morgan fingerprint density at radius 2 is 1.12 bits per heavy atom. The molecule has 4 aromatic rings. The van der Waals surface area contributed by atoms with Crippen LogP contribution in [0.15, 0.2) is 60.7 Å². The lowest BCUT2D eigenvalue weighted by Crippen LogP contribution is -2.43. The van der Waals surface area contributed by atoms with Gasteiger partial charge in [-0.2, -0.15) is 0 Å². The van der Waals surface area contributed by atoms with Gasteiger partial charge in [0.1, 0.15) is 46.3 Å². The number of carbonyl (C=O) groups excluding carboxylic acids is 2. The molecule has 12 nitrogen and oxygen atoms in total. The summed E-state index contributed by atoms with van der Waals surface area (Å²) in [5.41, 5.74) is 0.900. The topological polar surface area (TPSA) is 182 Å². The summed E-state index contributed by atoms with van der Waals surface area (Å²) in [5.74, 6) is -2.87. The molecule has 4 aromatic carbocycles. The molecule has 0 radical (unpaired) electrons. The van der Waals surface area contributed by atoms with E-state index in [1.54, 1.807) is 0 Å². The lowest BCUT2D eigenvalue weighted by molar-refractivity contribution is -0.119. The number of hydrogen-bond acceptors (Lipinski definition) is 10. The van der Waals surface area contributed by atoms with Gasteiger partial charge in [-0.25, -0.2) is 17.6 Å². The van der Waals surface area contributed by atoms with E-state index < -0.39 is 46.6 Å². The molecule has 0 aromatic heterocycles. The van der Waals surface area contributed by atoms with E-state index in [9.17, 15) is 47.6 Å². The fourth-order valence-electron chi connectivity index (χ4n) is 6.38. The minimum absolute atomic E-state index is 0.0863. The monoisotopic (exact) mass is 784 g/mol. The zero-order valence-corrected chi connectivity index (χ0v) is 31.1. The third-order valence-corrected chi connectivity index (χ3v) is 8.93. The molecule has 2 heterocycles. The molecular formula is C40H44F4N4O8. The molecule has 0 saturated carbocycles. The molecule has 0 spiro atoms. The lowest BCUT2D eigenvalue weighted by Gasteiger charge is -2.29. The summed E-state index contributed by atoms with van der Waals surface area (Å²) in [6, 6.07) is 12.2. The Labute approximate surface area is 320 Å².